The number of benzene rings is 3. The predicted octanol–water partition coefficient (Wildman–Crippen LogP) is 13.6. The SMILES string of the molecule is CC(C)c1cc(C(C)C)c(P(c2c(C(C)C)cc(C(C)C)cc2C(C)C)c2c(C(C)C)cc(C(C)C)cc2C(C)C)c(C(C)C)c1. The van der Waals surface area contributed by atoms with Gasteiger partial charge in [0.1, 0.15) is 0 Å². The van der Waals surface area contributed by atoms with Crippen LogP contribution < -0.4 is 15.9 Å². The van der Waals surface area contributed by atoms with Crippen molar-refractivity contribution < 1.29 is 0 Å². The van der Waals surface area contributed by atoms with Crippen LogP contribution in [0.5, 0.6) is 0 Å². The van der Waals surface area contributed by atoms with Crippen LogP contribution >= 0.6 is 7.92 Å². The minimum Gasteiger partial charge on any atom is -0.0587 e. The van der Waals surface area contributed by atoms with Crippen LogP contribution in [0.15, 0.2) is 36.4 Å². The molecule has 0 aliphatic carbocycles. The van der Waals surface area contributed by atoms with Gasteiger partial charge in [-0.2, -0.15) is 0 Å². The van der Waals surface area contributed by atoms with E-state index in [4.69, 9.17) is 0 Å². The molecule has 0 unspecified atom stereocenters. The minimum absolute atomic E-state index is 0.441. The molecule has 3 aromatic rings. The van der Waals surface area contributed by atoms with Crippen LogP contribution in [-0.4, -0.2) is 0 Å². The Bertz CT molecular complexity index is 1210. The Morgan fingerprint density at radius 3 is 0.522 bits per heavy atom. The first-order chi connectivity index (χ1) is 21.3. The molecule has 0 heterocycles. The molecule has 0 saturated heterocycles. The van der Waals surface area contributed by atoms with Crippen molar-refractivity contribution in [3.63, 3.8) is 0 Å². The Morgan fingerprint density at radius 2 is 0.413 bits per heavy atom. The molecule has 3 aromatic carbocycles. The first-order valence-corrected chi connectivity index (χ1v) is 20.0. The molecule has 0 aliphatic rings. The lowest BCUT2D eigenvalue weighted by molar-refractivity contribution is 0.809. The summed E-state index contributed by atoms with van der Waals surface area (Å²) in [6.45, 7) is 43.4. The normalized spacial score (nSPS) is 12.8. The molecule has 0 atom stereocenters. The van der Waals surface area contributed by atoms with Gasteiger partial charge >= 0.3 is 0 Å². The lowest BCUT2D eigenvalue weighted by Crippen LogP contribution is -2.35. The number of hydrogen-bond donors (Lipinski definition) is 0. The zero-order valence-corrected chi connectivity index (χ0v) is 34.0. The van der Waals surface area contributed by atoms with Crippen molar-refractivity contribution in [2.24, 2.45) is 0 Å². The molecule has 0 amide bonds. The maximum atomic E-state index is 2.60. The highest BCUT2D eigenvalue weighted by Gasteiger charge is 2.35. The third-order valence-electron chi connectivity index (χ3n) is 9.98. The Hall–Kier alpha value is -1.91. The Balaban J connectivity index is 2.84. The third kappa shape index (κ3) is 8.03. The molecule has 0 saturated carbocycles. The molecule has 46 heavy (non-hydrogen) atoms. The van der Waals surface area contributed by atoms with Crippen LogP contribution in [0.25, 0.3) is 0 Å². The molecule has 0 fully saturated rings. The molecule has 0 aromatic heterocycles. The Kier molecular flexibility index (Phi) is 13.0. The van der Waals surface area contributed by atoms with E-state index >= 15 is 0 Å². The van der Waals surface area contributed by atoms with E-state index in [1.165, 1.54) is 16.7 Å². The van der Waals surface area contributed by atoms with E-state index in [1.807, 2.05) is 0 Å². The van der Waals surface area contributed by atoms with Crippen LogP contribution in [0.3, 0.4) is 0 Å². The maximum Gasteiger partial charge on any atom is -0.00812 e. The van der Waals surface area contributed by atoms with E-state index < -0.39 is 7.92 Å². The fourth-order valence-electron chi connectivity index (χ4n) is 6.86. The van der Waals surface area contributed by atoms with E-state index in [0.717, 1.165) is 0 Å². The van der Waals surface area contributed by atoms with Gasteiger partial charge in [0.25, 0.3) is 0 Å². The van der Waals surface area contributed by atoms with Gasteiger partial charge < -0.3 is 0 Å². The van der Waals surface area contributed by atoms with Gasteiger partial charge in [-0.25, -0.2) is 0 Å². The largest absolute Gasteiger partial charge is 0.0587 e. The van der Waals surface area contributed by atoms with Crippen molar-refractivity contribution in [2.45, 2.75) is 178 Å². The first kappa shape index (κ1) is 38.5. The highest BCUT2D eigenvalue weighted by molar-refractivity contribution is 7.80. The average molecular weight is 641 g/mol. The first-order valence-electron chi connectivity index (χ1n) is 18.6. The molecule has 3 rings (SSSR count). The molecule has 0 radical (unpaired) electrons. The van der Waals surface area contributed by atoms with Crippen molar-refractivity contribution in [3.05, 3.63) is 86.5 Å². The standard InChI is InChI=1S/C45H69P/c1-25(2)34-19-37(28(7)8)43(38(20-34)29(9)10)46(44-39(30(11)12)21-35(26(3)4)22-40(44)31(13)14)45-41(32(15)16)23-36(27(5)6)24-42(45)33(17)18/h19-33H,1-18H3. The predicted molar refractivity (Wildman–Crippen MR) is 212 cm³/mol. The fraction of sp³-hybridized carbons (Fsp3) is 0.600. The summed E-state index contributed by atoms with van der Waals surface area (Å²) >= 11 is 0. The van der Waals surface area contributed by atoms with Gasteiger partial charge in [0.15, 0.2) is 0 Å². The van der Waals surface area contributed by atoms with Gasteiger partial charge in [-0.3, -0.25) is 0 Å². The zero-order chi connectivity index (χ0) is 34.9. The summed E-state index contributed by atoms with van der Waals surface area (Å²) < 4.78 is 0. The summed E-state index contributed by atoms with van der Waals surface area (Å²) in [7, 11) is -0.860. The average Bonchev–Trinajstić information content (AvgIpc) is 2.95. The topological polar surface area (TPSA) is 0 Å². The van der Waals surface area contributed by atoms with E-state index in [9.17, 15) is 0 Å². The molecule has 0 aliphatic heterocycles. The van der Waals surface area contributed by atoms with E-state index in [0.29, 0.717) is 53.3 Å². The smallest absolute Gasteiger partial charge is 0.00812 e. The second-order valence-electron chi connectivity index (χ2n) is 16.9. The molecule has 254 valence electrons. The molecule has 0 nitrogen and oxygen atoms in total. The van der Waals surface area contributed by atoms with Crippen molar-refractivity contribution in [3.8, 4) is 0 Å². The highest BCUT2D eigenvalue weighted by atomic mass is 31.1. The van der Waals surface area contributed by atoms with E-state index in [-0.39, 0.29) is 0 Å². The Labute approximate surface area is 287 Å². The molecular formula is C45H69P. The molecule has 0 bridgehead atoms. The summed E-state index contributed by atoms with van der Waals surface area (Å²) in [4.78, 5) is 0. The van der Waals surface area contributed by atoms with Gasteiger partial charge in [-0.15, -0.1) is 0 Å². The lowest BCUT2D eigenvalue weighted by atomic mass is 9.89. The van der Waals surface area contributed by atoms with E-state index in [2.05, 4.69) is 161 Å². The van der Waals surface area contributed by atoms with Crippen LogP contribution in [-0.2, 0) is 0 Å². The van der Waals surface area contributed by atoms with Gasteiger partial charge in [-0.05, 0) is 127 Å². The van der Waals surface area contributed by atoms with Gasteiger partial charge in [0.05, 0.1) is 0 Å². The molecule has 0 spiro atoms. The lowest BCUT2D eigenvalue weighted by Gasteiger charge is -2.37. The van der Waals surface area contributed by atoms with E-state index in [1.54, 1.807) is 49.3 Å². The molecule has 1 heteroatoms. The molecular weight excluding hydrogens is 571 g/mol. The van der Waals surface area contributed by atoms with Crippen molar-refractivity contribution in [1.82, 2.24) is 0 Å². The summed E-state index contributed by atoms with van der Waals surface area (Å²) in [5, 5.41) is 4.93. The van der Waals surface area contributed by atoms with Gasteiger partial charge in [0.2, 0.25) is 0 Å². The quantitative estimate of drug-likeness (QED) is 0.173. The van der Waals surface area contributed by atoms with Crippen LogP contribution in [0.4, 0.5) is 0 Å². The fourth-order valence-corrected chi connectivity index (χ4v) is 11.0. The van der Waals surface area contributed by atoms with Crippen molar-refractivity contribution in [1.29, 1.82) is 0 Å². The summed E-state index contributed by atoms with van der Waals surface area (Å²) in [5.74, 6) is 4.15. The highest BCUT2D eigenvalue weighted by Crippen LogP contribution is 2.48. The van der Waals surface area contributed by atoms with Gasteiger partial charge in [-0.1, -0.05) is 161 Å². The maximum absolute atomic E-state index is 2.60. The number of rotatable bonds is 12. The summed E-state index contributed by atoms with van der Waals surface area (Å²) in [6, 6.07) is 15.6. The number of hydrogen-bond acceptors (Lipinski definition) is 0. The summed E-state index contributed by atoms with van der Waals surface area (Å²) in [6.07, 6.45) is 0. The third-order valence-corrected chi connectivity index (χ3v) is 12.9. The second kappa shape index (κ2) is 15.5. The monoisotopic (exact) mass is 641 g/mol. The second-order valence-corrected chi connectivity index (χ2v) is 18.9. The van der Waals surface area contributed by atoms with Crippen LogP contribution in [0, 0.1) is 0 Å². The summed E-state index contributed by atoms with van der Waals surface area (Å²) in [5.41, 5.74) is 13.8. The minimum atomic E-state index is -0.860. The molecule has 0 N–H and O–H groups in total. The van der Waals surface area contributed by atoms with Crippen LogP contribution in [0.2, 0.25) is 0 Å². The van der Waals surface area contributed by atoms with Crippen molar-refractivity contribution >= 4 is 23.8 Å². The Morgan fingerprint density at radius 1 is 0.261 bits per heavy atom. The van der Waals surface area contributed by atoms with Gasteiger partial charge in [0, 0.05) is 0 Å². The zero-order valence-electron chi connectivity index (χ0n) is 33.1. The van der Waals surface area contributed by atoms with Crippen molar-refractivity contribution in [2.75, 3.05) is 0 Å². The van der Waals surface area contributed by atoms with Crippen LogP contribution in [0.1, 0.15) is 228 Å².